The zero-order valence-electron chi connectivity index (χ0n) is 4.91. The standard InChI is InChI=1S/C5H7BN2O/c7-5-3-4(6-9)1-2-8-5/h1-3,6,9H,(H2,7,8). The van der Waals surface area contributed by atoms with E-state index in [9.17, 15) is 0 Å². The summed E-state index contributed by atoms with van der Waals surface area (Å²) in [5.41, 5.74) is 6.11. The average Bonchev–Trinajstić information content (AvgIpc) is 1.88. The van der Waals surface area contributed by atoms with Gasteiger partial charge in [0, 0.05) is 6.20 Å². The lowest BCUT2D eigenvalue weighted by atomic mass is 9.90. The maximum Gasteiger partial charge on any atom is 0.304 e. The van der Waals surface area contributed by atoms with E-state index in [2.05, 4.69) is 4.98 Å². The predicted octanol–water partition coefficient (Wildman–Crippen LogP) is -1.37. The van der Waals surface area contributed by atoms with Crippen LogP contribution in [0.2, 0.25) is 0 Å². The molecule has 1 aromatic heterocycles. The molecule has 0 aliphatic carbocycles. The number of nitrogens with two attached hydrogens (primary N) is 1. The Bertz CT molecular complexity index is 204. The van der Waals surface area contributed by atoms with Crippen LogP contribution < -0.4 is 11.2 Å². The van der Waals surface area contributed by atoms with Crippen molar-refractivity contribution in [3.05, 3.63) is 18.3 Å². The molecular formula is C5H7BN2O. The highest BCUT2D eigenvalue weighted by Gasteiger charge is 1.91. The van der Waals surface area contributed by atoms with Gasteiger partial charge in [-0.15, -0.1) is 0 Å². The number of nitrogens with zero attached hydrogens (tertiary/aromatic N) is 1. The molecular weight excluding hydrogens is 115 g/mol. The zero-order chi connectivity index (χ0) is 6.69. The fourth-order valence-corrected chi connectivity index (χ4v) is 0.593. The Hall–Kier alpha value is -1.03. The molecule has 9 heavy (non-hydrogen) atoms. The summed E-state index contributed by atoms with van der Waals surface area (Å²) in [7, 11) is 0.0206. The lowest BCUT2D eigenvalue weighted by Crippen LogP contribution is -2.13. The van der Waals surface area contributed by atoms with Crippen molar-refractivity contribution in [1.82, 2.24) is 4.98 Å². The minimum Gasteiger partial charge on any atom is -0.449 e. The van der Waals surface area contributed by atoms with E-state index in [0.29, 0.717) is 5.82 Å². The zero-order valence-corrected chi connectivity index (χ0v) is 4.91. The molecule has 4 heteroatoms. The first-order chi connectivity index (χ1) is 4.33. The average molecular weight is 122 g/mol. The van der Waals surface area contributed by atoms with Crippen LogP contribution in [0.4, 0.5) is 5.82 Å². The highest BCUT2D eigenvalue weighted by molar-refractivity contribution is 6.45. The van der Waals surface area contributed by atoms with E-state index in [0.717, 1.165) is 5.46 Å². The molecule has 1 heterocycles. The van der Waals surface area contributed by atoms with Gasteiger partial charge in [0.1, 0.15) is 5.82 Å². The number of anilines is 1. The van der Waals surface area contributed by atoms with Gasteiger partial charge in [-0.25, -0.2) is 4.98 Å². The van der Waals surface area contributed by atoms with Gasteiger partial charge in [0.15, 0.2) is 0 Å². The molecule has 1 aromatic rings. The molecule has 0 fully saturated rings. The largest absolute Gasteiger partial charge is 0.449 e. The Morgan fingerprint density at radius 2 is 2.44 bits per heavy atom. The molecule has 3 N–H and O–H groups in total. The first kappa shape index (κ1) is 6.10. The molecule has 0 unspecified atom stereocenters. The smallest absolute Gasteiger partial charge is 0.304 e. The number of nitrogen functional groups attached to an aromatic ring is 1. The summed E-state index contributed by atoms with van der Waals surface area (Å²) in [4.78, 5) is 3.75. The van der Waals surface area contributed by atoms with Gasteiger partial charge in [-0.2, -0.15) is 0 Å². The second kappa shape index (κ2) is 2.50. The third-order valence-electron chi connectivity index (χ3n) is 1.03. The van der Waals surface area contributed by atoms with Crippen LogP contribution in [0.3, 0.4) is 0 Å². The van der Waals surface area contributed by atoms with Crippen molar-refractivity contribution in [1.29, 1.82) is 0 Å². The van der Waals surface area contributed by atoms with E-state index < -0.39 is 0 Å². The van der Waals surface area contributed by atoms with Crippen molar-refractivity contribution in [2.75, 3.05) is 5.73 Å². The summed E-state index contributed by atoms with van der Waals surface area (Å²) in [6.07, 6.45) is 1.57. The Balaban J connectivity index is 2.94. The van der Waals surface area contributed by atoms with Gasteiger partial charge >= 0.3 is 7.48 Å². The molecule has 46 valence electrons. The Morgan fingerprint density at radius 1 is 1.67 bits per heavy atom. The Kier molecular flexibility index (Phi) is 1.70. The molecule has 0 amide bonds. The van der Waals surface area contributed by atoms with Gasteiger partial charge in [0.2, 0.25) is 0 Å². The minimum atomic E-state index is 0.0206. The van der Waals surface area contributed by atoms with Gasteiger partial charge in [-0.3, -0.25) is 0 Å². The van der Waals surface area contributed by atoms with E-state index in [1.165, 1.54) is 0 Å². The molecule has 0 atom stereocenters. The first-order valence-corrected chi connectivity index (χ1v) is 2.64. The summed E-state index contributed by atoms with van der Waals surface area (Å²) in [6, 6.07) is 3.36. The second-order valence-corrected chi connectivity index (χ2v) is 1.75. The highest BCUT2D eigenvalue weighted by atomic mass is 16.2. The van der Waals surface area contributed by atoms with Crippen LogP contribution in [0.5, 0.6) is 0 Å². The van der Waals surface area contributed by atoms with Gasteiger partial charge in [-0.1, -0.05) is 0 Å². The third kappa shape index (κ3) is 1.43. The van der Waals surface area contributed by atoms with E-state index >= 15 is 0 Å². The molecule has 0 bridgehead atoms. The van der Waals surface area contributed by atoms with E-state index in [1.807, 2.05) is 0 Å². The SMILES string of the molecule is Nc1cc(BO)ccn1. The van der Waals surface area contributed by atoms with Crippen LogP contribution in [0.25, 0.3) is 0 Å². The normalized spacial score (nSPS) is 9.00. The van der Waals surface area contributed by atoms with Crippen LogP contribution in [0, 0.1) is 0 Å². The number of hydrogen-bond acceptors (Lipinski definition) is 3. The highest BCUT2D eigenvalue weighted by Crippen LogP contribution is 1.87. The summed E-state index contributed by atoms with van der Waals surface area (Å²) in [5.74, 6) is 0.446. The topological polar surface area (TPSA) is 59.1 Å². The van der Waals surface area contributed by atoms with Gasteiger partial charge in [0.25, 0.3) is 0 Å². The molecule has 1 rings (SSSR count). The monoisotopic (exact) mass is 122 g/mol. The number of hydrogen-bond donors (Lipinski definition) is 2. The summed E-state index contributed by atoms with van der Waals surface area (Å²) in [6.45, 7) is 0. The molecule has 0 aromatic carbocycles. The van der Waals surface area contributed by atoms with Gasteiger partial charge < -0.3 is 10.8 Å². The lowest BCUT2D eigenvalue weighted by molar-refractivity contribution is 0.615. The van der Waals surface area contributed by atoms with Crippen molar-refractivity contribution in [3.63, 3.8) is 0 Å². The molecule has 0 saturated heterocycles. The molecule has 0 spiro atoms. The molecule has 0 aliphatic rings. The minimum absolute atomic E-state index is 0.0206. The van der Waals surface area contributed by atoms with Crippen LogP contribution in [0.1, 0.15) is 0 Å². The van der Waals surface area contributed by atoms with E-state index in [1.54, 1.807) is 18.3 Å². The first-order valence-electron chi connectivity index (χ1n) is 2.64. The predicted molar refractivity (Wildman–Crippen MR) is 37.7 cm³/mol. The fourth-order valence-electron chi connectivity index (χ4n) is 0.593. The Labute approximate surface area is 53.8 Å². The van der Waals surface area contributed by atoms with Gasteiger partial charge in [-0.05, 0) is 17.6 Å². The van der Waals surface area contributed by atoms with E-state index in [-0.39, 0.29) is 7.48 Å². The third-order valence-corrected chi connectivity index (χ3v) is 1.03. The van der Waals surface area contributed by atoms with Crippen LogP contribution in [0.15, 0.2) is 18.3 Å². The molecule has 0 radical (unpaired) electrons. The number of pyridine rings is 1. The summed E-state index contributed by atoms with van der Waals surface area (Å²) in [5, 5.41) is 8.58. The van der Waals surface area contributed by atoms with Crippen molar-refractivity contribution < 1.29 is 5.02 Å². The molecule has 3 nitrogen and oxygen atoms in total. The second-order valence-electron chi connectivity index (χ2n) is 1.75. The van der Waals surface area contributed by atoms with Crippen LogP contribution >= 0.6 is 0 Å². The van der Waals surface area contributed by atoms with Crippen LogP contribution in [-0.2, 0) is 0 Å². The maximum atomic E-state index is 8.58. The van der Waals surface area contributed by atoms with Crippen molar-refractivity contribution in [3.8, 4) is 0 Å². The van der Waals surface area contributed by atoms with Gasteiger partial charge in [0.05, 0.1) is 0 Å². The van der Waals surface area contributed by atoms with Crippen molar-refractivity contribution in [2.24, 2.45) is 0 Å². The molecule has 0 aliphatic heterocycles. The summed E-state index contributed by atoms with van der Waals surface area (Å²) < 4.78 is 0. The number of aromatic nitrogens is 1. The number of rotatable bonds is 1. The Morgan fingerprint density at radius 3 is 2.89 bits per heavy atom. The lowest BCUT2D eigenvalue weighted by Gasteiger charge is -1.92. The van der Waals surface area contributed by atoms with Crippen molar-refractivity contribution in [2.45, 2.75) is 0 Å². The quantitative estimate of drug-likeness (QED) is 0.452. The summed E-state index contributed by atoms with van der Waals surface area (Å²) >= 11 is 0. The maximum absolute atomic E-state index is 8.58. The van der Waals surface area contributed by atoms with Crippen molar-refractivity contribution >= 4 is 18.8 Å². The molecule has 0 saturated carbocycles. The fraction of sp³-hybridized carbons (Fsp3) is 0. The van der Waals surface area contributed by atoms with E-state index in [4.69, 9.17) is 10.8 Å². The van der Waals surface area contributed by atoms with Crippen LogP contribution in [-0.4, -0.2) is 17.5 Å².